The van der Waals surface area contributed by atoms with E-state index in [2.05, 4.69) is 4.90 Å². The van der Waals surface area contributed by atoms with E-state index in [0.29, 0.717) is 5.84 Å². The zero-order chi connectivity index (χ0) is 11.4. The van der Waals surface area contributed by atoms with Crippen molar-refractivity contribution < 1.29 is 4.74 Å². The number of methoxy groups -OCH3 is 1. The summed E-state index contributed by atoms with van der Waals surface area (Å²) in [7, 11) is 1.66. The normalized spacial score (nSPS) is 15.9. The third-order valence-corrected chi connectivity index (χ3v) is 3.04. The number of hydrogen-bond acceptors (Lipinski definition) is 2. The number of amidine groups is 1. The van der Waals surface area contributed by atoms with Crippen LogP contribution in [0.15, 0.2) is 24.3 Å². The van der Waals surface area contributed by atoms with Gasteiger partial charge in [-0.05, 0) is 43.5 Å². The SMILES string of the molecule is COc1ccc(C(=N)N2CCCCC2)cc1. The summed E-state index contributed by atoms with van der Waals surface area (Å²) < 4.78 is 5.11. The molecule has 1 aromatic carbocycles. The average Bonchev–Trinajstić information content (AvgIpc) is 2.39. The number of nitrogens with one attached hydrogen (secondary N) is 1. The fourth-order valence-electron chi connectivity index (χ4n) is 2.05. The molecule has 86 valence electrons. The van der Waals surface area contributed by atoms with E-state index in [0.717, 1.165) is 24.4 Å². The monoisotopic (exact) mass is 218 g/mol. The number of ether oxygens (including phenoxy) is 1. The van der Waals surface area contributed by atoms with Crippen LogP contribution in [0.25, 0.3) is 0 Å². The molecule has 0 aromatic heterocycles. The first-order chi connectivity index (χ1) is 7.81. The van der Waals surface area contributed by atoms with Gasteiger partial charge in [-0.15, -0.1) is 0 Å². The number of benzene rings is 1. The lowest BCUT2D eigenvalue weighted by molar-refractivity contribution is 0.341. The van der Waals surface area contributed by atoms with Crippen LogP contribution in [0.4, 0.5) is 0 Å². The second-order valence-corrected chi connectivity index (χ2v) is 4.12. The number of piperidine rings is 1. The van der Waals surface area contributed by atoms with Crippen LogP contribution in [0.5, 0.6) is 5.75 Å². The third kappa shape index (κ3) is 2.35. The van der Waals surface area contributed by atoms with Gasteiger partial charge in [-0.25, -0.2) is 0 Å². The Bertz CT molecular complexity index is 353. The van der Waals surface area contributed by atoms with E-state index in [-0.39, 0.29) is 0 Å². The van der Waals surface area contributed by atoms with Crippen LogP contribution in [-0.4, -0.2) is 30.9 Å². The fraction of sp³-hybridized carbons (Fsp3) is 0.462. The summed E-state index contributed by atoms with van der Waals surface area (Å²) in [4.78, 5) is 2.16. The van der Waals surface area contributed by atoms with E-state index in [1.165, 1.54) is 19.3 Å². The zero-order valence-electron chi connectivity index (χ0n) is 9.70. The van der Waals surface area contributed by atoms with Crippen molar-refractivity contribution >= 4 is 5.84 Å². The second kappa shape index (κ2) is 5.01. The molecule has 0 bridgehead atoms. The largest absolute Gasteiger partial charge is 0.497 e. The van der Waals surface area contributed by atoms with Gasteiger partial charge in [0.1, 0.15) is 11.6 Å². The Balaban J connectivity index is 2.07. The molecule has 0 saturated carbocycles. The molecule has 3 nitrogen and oxygen atoms in total. The predicted molar refractivity (Wildman–Crippen MR) is 65.2 cm³/mol. The summed E-state index contributed by atoms with van der Waals surface area (Å²) in [6.45, 7) is 2.04. The zero-order valence-corrected chi connectivity index (χ0v) is 9.70. The minimum Gasteiger partial charge on any atom is -0.497 e. The Morgan fingerprint density at radius 3 is 2.31 bits per heavy atom. The molecule has 1 aliphatic heterocycles. The smallest absolute Gasteiger partial charge is 0.128 e. The molecule has 1 aliphatic rings. The van der Waals surface area contributed by atoms with Crippen molar-refractivity contribution in [3.8, 4) is 5.75 Å². The van der Waals surface area contributed by atoms with E-state index in [1.807, 2.05) is 24.3 Å². The van der Waals surface area contributed by atoms with Crippen LogP contribution in [0.2, 0.25) is 0 Å². The average molecular weight is 218 g/mol. The van der Waals surface area contributed by atoms with E-state index in [9.17, 15) is 0 Å². The van der Waals surface area contributed by atoms with Crippen molar-refractivity contribution in [2.45, 2.75) is 19.3 Å². The molecule has 0 atom stereocenters. The van der Waals surface area contributed by atoms with Crippen LogP contribution >= 0.6 is 0 Å². The first-order valence-corrected chi connectivity index (χ1v) is 5.79. The summed E-state index contributed by atoms with van der Waals surface area (Å²) >= 11 is 0. The summed E-state index contributed by atoms with van der Waals surface area (Å²) in [6, 6.07) is 7.73. The summed E-state index contributed by atoms with van der Waals surface area (Å²) in [5, 5.41) is 8.14. The molecule has 2 rings (SSSR count). The quantitative estimate of drug-likeness (QED) is 0.611. The first kappa shape index (κ1) is 11.0. The minimum atomic E-state index is 0.641. The van der Waals surface area contributed by atoms with Gasteiger partial charge in [0.25, 0.3) is 0 Å². The standard InChI is InChI=1S/C13H18N2O/c1-16-12-7-5-11(6-8-12)13(14)15-9-3-2-4-10-15/h5-8,14H,2-4,9-10H2,1H3. The third-order valence-electron chi connectivity index (χ3n) is 3.04. The van der Waals surface area contributed by atoms with Crippen molar-refractivity contribution in [2.24, 2.45) is 0 Å². The van der Waals surface area contributed by atoms with Crippen LogP contribution in [0, 0.1) is 5.41 Å². The van der Waals surface area contributed by atoms with E-state index in [4.69, 9.17) is 10.1 Å². The van der Waals surface area contributed by atoms with Gasteiger partial charge < -0.3 is 9.64 Å². The van der Waals surface area contributed by atoms with Crippen LogP contribution in [0.3, 0.4) is 0 Å². The number of nitrogens with zero attached hydrogens (tertiary/aromatic N) is 1. The molecule has 0 unspecified atom stereocenters. The maximum atomic E-state index is 8.14. The Morgan fingerprint density at radius 1 is 1.12 bits per heavy atom. The fourth-order valence-corrected chi connectivity index (χ4v) is 2.05. The molecular weight excluding hydrogens is 200 g/mol. The van der Waals surface area contributed by atoms with Gasteiger partial charge in [-0.2, -0.15) is 0 Å². The van der Waals surface area contributed by atoms with Crippen molar-refractivity contribution in [1.29, 1.82) is 5.41 Å². The topological polar surface area (TPSA) is 36.3 Å². The lowest BCUT2D eigenvalue weighted by atomic mass is 10.1. The summed E-state index contributed by atoms with van der Waals surface area (Å²) in [6.07, 6.45) is 3.71. The minimum absolute atomic E-state index is 0.641. The van der Waals surface area contributed by atoms with Gasteiger partial charge in [0.15, 0.2) is 0 Å². The van der Waals surface area contributed by atoms with Gasteiger partial charge >= 0.3 is 0 Å². The van der Waals surface area contributed by atoms with Crippen LogP contribution in [-0.2, 0) is 0 Å². The van der Waals surface area contributed by atoms with E-state index < -0.39 is 0 Å². The van der Waals surface area contributed by atoms with Gasteiger partial charge in [-0.1, -0.05) is 0 Å². The number of hydrogen-bond donors (Lipinski definition) is 1. The lowest BCUT2D eigenvalue weighted by Crippen LogP contribution is -2.35. The Labute approximate surface area is 96.5 Å². The molecule has 0 amide bonds. The molecule has 1 heterocycles. The number of likely N-dealkylation sites (tertiary alicyclic amines) is 1. The molecule has 1 fully saturated rings. The highest BCUT2D eigenvalue weighted by molar-refractivity contribution is 5.96. The Hall–Kier alpha value is -1.51. The molecule has 0 spiro atoms. The second-order valence-electron chi connectivity index (χ2n) is 4.12. The van der Waals surface area contributed by atoms with Crippen LogP contribution < -0.4 is 4.74 Å². The highest BCUT2D eigenvalue weighted by Gasteiger charge is 2.14. The molecule has 16 heavy (non-hydrogen) atoms. The van der Waals surface area contributed by atoms with Crippen molar-refractivity contribution in [1.82, 2.24) is 4.90 Å². The van der Waals surface area contributed by atoms with Gasteiger partial charge in [-0.3, -0.25) is 5.41 Å². The van der Waals surface area contributed by atoms with E-state index in [1.54, 1.807) is 7.11 Å². The summed E-state index contributed by atoms with van der Waals surface area (Å²) in [5.74, 6) is 1.48. The summed E-state index contributed by atoms with van der Waals surface area (Å²) in [5.41, 5.74) is 0.975. The van der Waals surface area contributed by atoms with E-state index >= 15 is 0 Å². The maximum Gasteiger partial charge on any atom is 0.128 e. The molecule has 1 aromatic rings. The Morgan fingerprint density at radius 2 is 1.75 bits per heavy atom. The molecule has 3 heteroatoms. The highest BCUT2D eigenvalue weighted by atomic mass is 16.5. The van der Waals surface area contributed by atoms with Gasteiger partial charge in [0.2, 0.25) is 0 Å². The molecular formula is C13H18N2O. The van der Waals surface area contributed by atoms with Crippen LogP contribution in [0.1, 0.15) is 24.8 Å². The molecule has 0 aliphatic carbocycles. The highest BCUT2D eigenvalue weighted by Crippen LogP contribution is 2.16. The first-order valence-electron chi connectivity index (χ1n) is 5.79. The van der Waals surface area contributed by atoms with Gasteiger partial charge in [0.05, 0.1) is 7.11 Å². The van der Waals surface area contributed by atoms with Crippen molar-refractivity contribution in [3.63, 3.8) is 0 Å². The van der Waals surface area contributed by atoms with Crippen molar-refractivity contribution in [2.75, 3.05) is 20.2 Å². The van der Waals surface area contributed by atoms with Gasteiger partial charge in [0, 0.05) is 18.7 Å². The predicted octanol–water partition coefficient (Wildman–Crippen LogP) is 2.51. The molecule has 0 radical (unpaired) electrons. The maximum absolute atomic E-state index is 8.14. The van der Waals surface area contributed by atoms with Crippen molar-refractivity contribution in [3.05, 3.63) is 29.8 Å². The number of rotatable bonds is 2. The molecule has 1 N–H and O–H groups in total. The Kier molecular flexibility index (Phi) is 3.44. The lowest BCUT2D eigenvalue weighted by Gasteiger charge is -2.29. The molecule has 1 saturated heterocycles.